The third-order valence-corrected chi connectivity index (χ3v) is 6.12. The minimum atomic E-state index is -0.701. The van der Waals surface area contributed by atoms with E-state index in [1.165, 1.54) is 12.0 Å². The number of amides is 1. The molecule has 2 aliphatic carbocycles. The number of aliphatic carboxylic acids is 1. The van der Waals surface area contributed by atoms with Gasteiger partial charge in [-0.3, -0.25) is 9.59 Å². The molecule has 1 amide bonds. The molecule has 2 aliphatic rings. The second-order valence-electron chi connectivity index (χ2n) is 7.87. The van der Waals surface area contributed by atoms with E-state index < -0.39 is 11.4 Å². The minimum absolute atomic E-state index is 0.117. The van der Waals surface area contributed by atoms with Crippen molar-refractivity contribution in [2.75, 3.05) is 0 Å². The van der Waals surface area contributed by atoms with E-state index in [-0.39, 0.29) is 17.9 Å². The van der Waals surface area contributed by atoms with Crippen LogP contribution in [0.4, 0.5) is 0 Å². The summed E-state index contributed by atoms with van der Waals surface area (Å²) in [7, 11) is 0. The van der Waals surface area contributed by atoms with E-state index in [0.29, 0.717) is 12.8 Å². The van der Waals surface area contributed by atoms with E-state index in [4.69, 9.17) is 5.11 Å². The van der Waals surface area contributed by atoms with E-state index in [1.54, 1.807) is 0 Å². The highest BCUT2D eigenvalue weighted by atomic mass is 16.4. The van der Waals surface area contributed by atoms with Crippen molar-refractivity contribution in [3.05, 3.63) is 35.4 Å². The molecule has 0 unspecified atom stereocenters. The van der Waals surface area contributed by atoms with Gasteiger partial charge in [0, 0.05) is 6.04 Å². The zero-order valence-electron chi connectivity index (χ0n) is 15.1. The molecule has 0 spiro atoms. The summed E-state index contributed by atoms with van der Waals surface area (Å²) >= 11 is 0. The van der Waals surface area contributed by atoms with Gasteiger partial charge in [-0.05, 0) is 51.0 Å². The first-order valence-corrected chi connectivity index (χ1v) is 9.62. The van der Waals surface area contributed by atoms with E-state index in [0.717, 1.165) is 44.1 Å². The van der Waals surface area contributed by atoms with Gasteiger partial charge in [-0.2, -0.15) is 0 Å². The van der Waals surface area contributed by atoms with Crippen LogP contribution in [0.25, 0.3) is 0 Å². The first-order valence-electron chi connectivity index (χ1n) is 9.62. The fourth-order valence-corrected chi connectivity index (χ4v) is 4.55. The number of carbonyl (C=O) groups is 2. The van der Waals surface area contributed by atoms with Crippen molar-refractivity contribution >= 4 is 11.9 Å². The second-order valence-corrected chi connectivity index (χ2v) is 7.87. The molecule has 0 heterocycles. The zero-order chi connectivity index (χ0) is 17.9. The van der Waals surface area contributed by atoms with Crippen molar-refractivity contribution in [1.82, 2.24) is 5.32 Å². The molecule has 0 saturated heterocycles. The smallest absolute Gasteiger partial charge is 0.306 e. The molecule has 25 heavy (non-hydrogen) atoms. The highest BCUT2D eigenvalue weighted by molar-refractivity contribution is 5.88. The molecule has 1 aromatic carbocycles. The summed E-state index contributed by atoms with van der Waals surface area (Å²) < 4.78 is 0. The van der Waals surface area contributed by atoms with E-state index in [9.17, 15) is 9.59 Å². The van der Waals surface area contributed by atoms with E-state index in [1.807, 2.05) is 6.07 Å². The highest BCUT2D eigenvalue weighted by Crippen LogP contribution is 2.40. The summed E-state index contributed by atoms with van der Waals surface area (Å²) in [6.07, 6.45) is 8.07. The maximum Gasteiger partial charge on any atom is 0.306 e. The number of hydrogen-bond donors (Lipinski definition) is 2. The summed E-state index contributed by atoms with van der Waals surface area (Å²) in [4.78, 5) is 24.4. The molecule has 1 aromatic rings. The van der Waals surface area contributed by atoms with Crippen LogP contribution in [0.1, 0.15) is 68.9 Å². The van der Waals surface area contributed by atoms with Gasteiger partial charge in [0.25, 0.3) is 0 Å². The number of carbonyl (C=O) groups excluding carboxylic acids is 1. The minimum Gasteiger partial charge on any atom is -0.481 e. The molecule has 0 aromatic heterocycles. The lowest BCUT2D eigenvalue weighted by atomic mass is 9.68. The number of hydrogen-bond acceptors (Lipinski definition) is 2. The Kier molecular flexibility index (Phi) is 5.45. The van der Waals surface area contributed by atoms with Crippen molar-refractivity contribution < 1.29 is 14.7 Å². The summed E-state index contributed by atoms with van der Waals surface area (Å²) in [6.45, 7) is 2.07. The lowest BCUT2D eigenvalue weighted by molar-refractivity contribution is -0.142. The summed E-state index contributed by atoms with van der Waals surface area (Å²) in [5.41, 5.74) is 1.93. The van der Waals surface area contributed by atoms with Crippen LogP contribution in [0.3, 0.4) is 0 Å². The lowest BCUT2D eigenvalue weighted by Crippen LogP contribution is -2.50. The number of benzene rings is 1. The molecule has 2 fully saturated rings. The fraction of sp³-hybridized carbons (Fsp3) is 0.619. The van der Waals surface area contributed by atoms with Gasteiger partial charge < -0.3 is 10.4 Å². The predicted molar refractivity (Wildman–Crippen MR) is 97.5 cm³/mol. The van der Waals surface area contributed by atoms with Crippen molar-refractivity contribution in [3.8, 4) is 0 Å². The third-order valence-electron chi connectivity index (χ3n) is 6.12. The Bertz CT molecular complexity index is 626. The zero-order valence-corrected chi connectivity index (χ0v) is 15.1. The molecule has 2 N–H and O–H groups in total. The van der Waals surface area contributed by atoms with E-state index in [2.05, 4.69) is 30.4 Å². The molecule has 2 saturated carbocycles. The lowest BCUT2D eigenvalue weighted by Gasteiger charge is -2.38. The second kappa shape index (κ2) is 7.59. The first kappa shape index (κ1) is 18.0. The maximum absolute atomic E-state index is 13.3. The average Bonchev–Trinajstić information content (AvgIpc) is 2.62. The number of carboxylic acid groups (broad SMARTS) is 1. The van der Waals surface area contributed by atoms with Crippen molar-refractivity contribution in [1.29, 1.82) is 0 Å². The molecule has 0 aliphatic heterocycles. The Morgan fingerprint density at radius 3 is 2.36 bits per heavy atom. The van der Waals surface area contributed by atoms with Gasteiger partial charge >= 0.3 is 5.97 Å². The molecule has 0 radical (unpaired) electrons. The number of rotatable bonds is 4. The van der Waals surface area contributed by atoms with Crippen molar-refractivity contribution in [3.63, 3.8) is 0 Å². The van der Waals surface area contributed by atoms with Crippen LogP contribution in [0, 0.1) is 12.8 Å². The highest BCUT2D eigenvalue weighted by Gasteiger charge is 2.42. The summed E-state index contributed by atoms with van der Waals surface area (Å²) in [5.74, 6) is -0.793. The van der Waals surface area contributed by atoms with Crippen LogP contribution in [0.2, 0.25) is 0 Å². The van der Waals surface area contributed by atoms with Crippen LogP contribution < -0.4 is 5.32 Å². The fourth-order valence-electron chi connectivity index (χ4n) is 4.55. The number of nitrogens with one attached hydrogen (secondary N) is 1. The largest absolute Gasteiger partial charge is 0.481 e. The molecule has 4 heteroatoms. The van der Waals surface area contributed by atoms with Gasteiger partial charge in [0.15, 0.2) is 0 Å². The summed E-state index contributed by atoms with van der Waals surface area (Å²) in [5, 5.41) is 12.4. The predicted octanol–water partition coefficient (Wildman–Crippen LogP) is 3.96. The van der Waals surface area contributed by atoms with Gasteiger partial charge in [-0.15, -0.1) is 0 Å². The van der Waals surface area contributed by atoms with Crippen LogP contribution in [-0.2, 0) is 15.0 Å². The molecular weight excluding hydrogens is 314 g/mol. The van der Waals surface area contributed by atoms with E-state index >= 15 is 0 Å². The topological polar surface area (TPSA) is 66.4 Å². The van der Waals surface area contributed by atoms with Gasteiger partial charge in [-0.25, -0.2) is 0 Å². The quantitative estimate of drug-likeness (QED) is 0.870. The van der Waals surface area contributed by atoms with Crippen LogP contribution in [-0.4, -0.2) is 23.0 Å². The van der Waals surface area contributed by atoms with Crippen molar-refractivity contribution in [2.45, 2.75) is 76.2 Å². The van der Waals surface area contributed by atoms with Crippen LogP contribution in [0.5, 0.6) is 0 Å². The van der Waals surface area contributed by atoms with Gasteiger partial charge in [-0.1, -0.05) is 49.1 Å². The molecule has 0 atom stereocenters. The number of carboxylic acids is 1. The molecule has 4 nitrogen and oxygen atoms in total. The van der Waals surface area contributed by atoms with Gasteiger partial charge in [0.2, 0.25) is 5.91 Å². The molecule has 3 rings (SSSR count). The standard InChI is InChI=1S/C21H29NO3/c1-15-6-5-7-17(14-15)21(12-3-2-4-13-21)20(25)22-18-10-8-16(9-11-18)19(23)24/h5-7,14,16,18H,2-4,8-13H2,1H3,(H,22,25)(H,23,24). The maximum atomic E-state index is 13.3. The third kappa shape index (κ3) is 3.88. The Balaban J connectivity index is 1.73. The molecular formula is C21H29NO3. The Labute approximate surface area is 150 Å². The molecule has 136 valence electrons. The summed E-state index contributed by atoms with van der Waals surface area (Å²) in [6, 6.07) is 8.50. The SMILES string of the molecule is Cc1cccc(C2(C(=O)NC3CCC(C(=O)O)CC3)CCCCC2)c1. The Morgan fingerprint density at radius 2 is 1.76 bits per heavy atom. The normalized spacial score (nSPS) is 26.0. The van der Waals surface area contributed by atoms with Crippen molar-refractivity contribution in [2.24, 2.45) is 5.92 Å². The first-order chi connectivity index (χ1) is 12.0. The average molecular weight is 343 g/mol. The van der Waals surface area contributed by atoms with Gasteiger partial charge in [0.05, 0.1) is 11.3 Å². The van der Waals surface area contributed by atoms with Crippen LogP contribution in [0.15, 0.2) is 24.3 Å². The molecule has 0 bridgehead atoms. The van der Waals surface area contributed by atoms with Crippen LogP contribution >= 0.6 is 0 Å². The van der Waals surface area contributed by atoms with Gasteiger partial charge in [0.1, 0.15) is 0 Å². The number of aryl methyl sites for hydroxylation is 1. The monoisotopic (exact) mass is 343 g/mol. The Hall–Kier alpha value is -1.84. The Morgan fingerprint density at radius 1 is 1.08 bits per heavy atom.